The molecule has 2 N–H and O–H groups in total. The number of thiophene rings is 1. The van der Waals surface area contributed by atoms with Gasteiger partial charge >= 0.3 is 0 Å². The molecule has 1 saturated heterocycles. The van der Waals surface area contributed by atoms with E-state index in [0.717, 1.165) is 68.6 Å². The average molecular weight is 558 g/mol. The van der Waals surface area contributed by atoms with Crippen LogP contribution in [0.4, 0.5) is 0 Å². The molecule has 1 aliphatic rings. The molecule has 7 nitrogen and oxygen atoms in total. The summed E-state index contributed by atoms with van der Waals surface area (Å²) >= 11 is 1.74. The summed E-state index contributed by atoms with van der Waals surface area (Å²) in [6.07, 6.45) is 4.63. The zero-order valence-corrected chi connectivity index (χ0v) is 24.3. The van der Waals surface area contributed by atoms with Crippen LogP contribution in [0.1, 0.15) is 72.2 Å². The van der Waals surface area contributed by atoms with Gasteiger partial charge in [0.2, 0.25) is 5.91 Å². The summed E-state index contributed by atoms with van der Waals surface area (Å²) in [5.74, 6) is 0.622. The molecule has 2 amide bonds. The van der Waals surface area contributed by atoms with Crippen LogP contribution in [0.5, 0.6) is 0 Å². The van der Waals surface area contributed by atoms with Crippen molar-refractivity contribution in [2.75, 3.05) is 19.6 Å². The van der Waals surface area contributed by atoms with E-state index >= 15 is 0 Å². The number of imidazole rings is 1. The molecular formula is C32H39N5O2S. The standard InChI is InChI=1S/C32H39N5O2S/c1-3-26(4-2)37-29-13-12-24(19-28(29)35-30(37)20-27-11-8-18-40-27)32(39)33-21-31(38)34-25-14-16-36(17-15-25)22-23-9-6-5-7-10-23/h5-13,18-19,25-26H,3-4,14-17,20-22H2,1-2H3,(H,33,39)(H,34,38). The molecule has 0 unspecified atom stereocenters. The Bertz CT molecular complexity index is 1400. The molecule has 0 atom stereocenters. The predicted molar refractivity (Wildman–Crippen MR) is 162 cm³/mol. The minimum absolute atomic E-state index is 0.0348. The van der Waals surface area contributed by atoms with Gasteiger partial charge in [-0.1, -0.05) is 50.2 Å². The lowest BCUT2D eigenvalue weighted by molar-refractivity contribution is -0.121. The van der Waals surface area contributed by atoms with E-state index in [4.69, 9.17) is 4.98 Å². The summed E-state index contributed by atoms with van der Waals surface area (Å²) in [4.78, 5) is 34.2. The van der Waals surface area contributed by atoms with Crippen molar-refractivity contribution < 1.29 is 9.59 Å². The maximum atomic E-state index is 13.0. The molecule has 0 saturated carbocycles. The number of carbonyl (C=O) groups excluding carboxylic acids is 2. The van der Waals surface area contributed by atoms with E-state index in [9.17, 15) is 9.59 Å². The lowest BCUT2D eigenvalue weighted by atomic mass is 10.0. The minimum atomic E-state index is -0.258. The van der Waals surface area contributed by atoms with Gasteiger partial charge in [-0.15, -0.1) is 11.3 Å². The molecule has 1 aliphatic heterocycles. The fraction of sp³-hybridized carbons (Fsp3) is 0.406. The normalized spacial score (nSPS) is 14.6. The van der Waals surface area contributed by atoms with Gasteiger partial charge in [0, 0.05) is 48.6 Å². The first-order valence-electron chi connectivity index (χ1n) is 14.4. The lowest BCUT2D eigenvalue weighted by Gasteiger charge is -2.32. The number of fused-ring (bicyclic) bond motifs is 1. The second kappa shape index (κ2) is 13.2. The molecular weight excluding hydrogens is 518 g/mol. The van der Waals surface area contributed by atoms with Crippen molar-refractivity contribution in [1.82, 2.24) is 25.1 Å². The highest BCUT2D eigenvalue weighted by Gasteiger charge is 2.22. The van der Waals surface area contributed by atoms with Gasteiger partial charge in [-0.05, 0) is 60.9 Å². The molecule has 8 heteroatoms. The first-order chi connectivity index (χ1) is 19.5. The summed E-state index contributed by atoms with van der Waals surface area (Å²) in [5.41, 5.74) is 3.70. The van der Waals surface area contributed by atoms with Crippen LogP contribution in [0.3, 0.4) is 0 Å². The third-order valence-electron chi connectivity index (χ3n) is 7.86. The number of nitrogens with one attached hydrogen (secondary N) is 2. The highest BCUT2D eigenvalue weighted by molar-refractivity contribution is 7.09. The Morgan fingerprint density at radius 3 is 2.50 bits per heavy atom. The fourth-order valence-electron chi connectivity index (χ4n) is 5.66. The monoisotopic (exact) mass is 557 g/mol. The van der Waals surface area contributed by atoms with E-state index in [1.165, 1.54) is 10.4 Å². The van der Waals surface area contributed by atoms with E-state index in [0.29, 0.717) is 11.6 Å². The molecule has 40 heavy (non-hydrogen) atoms. The highest BCUT2D eigenvalue weighted by atomic mass is 32.1. The van der Waals surface area contributed by atoms with Crippen molar-refractivity contribution in [3.63, 3.8) is 0 Å². The number of nitrogens with zero attached hydrogens (tertiary/aromatic N) is 3. The predicted octanol–water partition coefficient (Wildman–Crippen LogP) is 5.56. The SMILES string of the molecule is CCC(CC)n1c(Cc2cccs2)nc2cc(C(=O)NCC(=O)NC3CCN(Cc4ccccc4)CC3)ccc21. The van der Waals surface area contributed by atoms with Gasteiger partial charge in [0.05, 0.1) is 17.6 Å². The molecule has 0 radical (unpaired) electrons. The van der Waals surface area contributed by atoms with E-state index in [1.807, 2.05) is 24.3 Å². The minimum Gasteiger partial charge on any atom is -0.352 e. The molecule has 5 rings (SSSR count). The zero-order chi connectivity index (χ0) is 27.9. The van der Waals surface area contributed by atoms with Crippen LogP contribution in [-0.4, -0.2) is 51.9 Å². The maximum Gasteiger partial charge on any atom is 0.251 e. The van der Waals surface area contributed by atoms with E-state index < -0.39 is 0 Å². The van der Waals surface area contributed by atoms with Gasteiger partial charge in [-0.2, -0.15) is 0 Å². The van der Waals surface area contributed by atoms with Crippen LogP contribution in [0.15, 0.2) is 66.0 Å². The second-order valence-electron chi connectivity index (χ2n) is 10.6. The van der Waals surface area contributed by atoms with Gasteiger partial charge in [-0.3, -0.25) is 14.5 Å². The Morgan fingerprint density at radius 2 is 1.80 bits per heavy atom. The smallest absolute Gasteiger partial charge is 0.251 e. The molecule has 1 fully saturated rings. The Kier molecular flexibility index (Phi) is 9.29. The molecule has 3 heterocycles. The van der Waals surface area contributed by atoms with E-state index in [1.54, 1.807) is 11.3 Å². The third kappa shape index (κ3) is 6.80. The summed E-state index contributed by atoms with van der Waals surface area (Å²) < 4.78 is 2.34. The van der Waals surface area contributed by atoms with Crippen molar-refractivity contribution in [2.24, 2.45) is 0 Å². The maximum absolute atomic E-state index is 13.0. The molecule has 0 bridgehead atoms. The van der Waals surface area contributed by atoms with Crippen molar-refractivity contribution in [3.8, 4) is 0 Å². The number of benzene rings is 2. The van der Waals surface area contributed by atoms with Crippen molar-refractivity contribution >= 4 is 34.2 Å². The Labute approximate surface area is 240 Å². The summed E-state index contributed by atoms with van der Waals surface area (Å²) in [6.45, 7) is 7.21. The van der Waals surface area contributed by atoms with Crippen molar-refractivity contribution in [2.45, 2.75) is 64.6 Å². The number of aromatic nitrogens is 2. The number of piperidine rings is 1. The number of hydrogen-bond donors (Lipinski definition) is 2. The topological polar surface area (TPSA) is 79.3 Å². The molecule has 2 aromatic carbocycles. The van der Waals surface area contributed by atoms with Crippen molar-refractivity contribution in [3.05, 3.63) is 87.9 Å². The van der Waals surface area contributed by atoms with Crippen LogP contribution >= 0.6 is 11.3 Å². The van der Waals surface area contributed by atoms with Crippen LogP contribution < -0.4 is 10.6 Å². The Balaban J connectivity index is 1.16. The van der Waals surface area contributed by atoms with Gasteiger partial charge in [0.1, 0.15) is 5.82 Å². The molecule has 0 spiro atoms. The largest absolute Gasteiger partial charge is 0.352 e. The average Bonchev–Trinajstić information content (AvgIpc) is 3.62. The van der Waals surface area contributed by atoms with E-state index in [2.05, 4.69) is 75.7 Å². The molecule has 2 aromatic heterocycles. The molecule has 4 aromatic rings. The van der Waals surface area contributed by atoms with Crippen LogP contribution in [0.2, 0.25) is 0 Å². The zero-order valence-electron chi connectivity index (χ0n) is 23.4. The summed E-state index contributed by atoms with van der Waals surface area (Å²) in [7, 11) is 0. The Morgan fingerprint density at radius 1 is 1.02 bits per heavy atom. The molecule has 0 aliphatic carbocycles. The Hall–Kier alpha value is -3.49. The number of rotatable bonds is 11. The van der Waals surface area contributed by atoms with Crippen LogP contribution in [-0.2, 0) is 17.8 Å². The third-order valence-corrected chi connectivity index (χ3v) is 8.73. The van der Waals surface area contributed by atoms with Crippen LogP contribution in [0.25, 0.3) is 11.0 Å². The summed E-state index contributed by atoms with van der Waals surface area (Å²) in [6, 6.07) is 20.9. The van der Waals surface area contributed by atoms with Crippen molar-refractivity contribution in [1.29, 1.82) is 0 Å². The second-order valence-corrected chi connectivity index (χ2v) is 11.6. The number of likely N-dealkylation sites (tertiary alicyclic amines) is 1. The lowest BCUT2D eigenvalue weighted by Crippen LogP contribution is -2.47. The number of carbonyl (C=O) groups is 2. The first kappa shape index (κ1) is 28.1. The van der Waals surface area contributed by atoms with E-state index in [-0.39, 0.29) is 24.4 Å². The van der Waals surface area contributed by atoms with Gasteiger partial charge in [0.25, 0.3) is 5.91 Å². The number of hydrogen-bond acceptors (Lipinski definition) is 5. The van der Waals surface area contributed by atoms with Gasteiger partial charge in [-0.25, -0.2) is 4.98 Å². The summed E-state index contributed by atoms with van der Waals surface area (Å²) in [5, 5.41) is 8.00. The first-order valence-corrected chi connectivity index (χ1v) is 15.3. The molecule has 210 valence electrons. The number of amides is 2. The highest BCUT2D eigenvalue weighted by Crippen LogP contribution is 2.28. The quantitative estimate of drug-likeness (QED) is 0.253. The van der Waals surface area contributed by atoms with Crippen LogP contribution in [0, 0.1) is 0 Å². The fourth-order valence-corrected chi connectivity index (χ4v) is 6.36. The van der Waals surface area contributed by atoms with Gasteiger partial charge < -0.3 is 15.2 Å². The van der Waals surface area contributed by atoms with Gasteiger partial charge in [0.15, 0.2) is 0 Å².